The average molecular weight is 218 g/mol. The molecule has 1 fully saturated rings. The van der Waals surface area contributed by atoms with Crippen LogP contribution in [0, 0.1) is 6.92 Å². The SMILES string of the molecule is C=CCOc1cc(CNC2CC2)cc(C)n1. The summed E-state index contributed by atoms with van der Waals surface area (Å²) in [5.41, 5.74) is 2.23. The molecule has 0 aliphatic heterocycles. The third-order valence-electron chi connectivity index (χ3n) is 2.51. The maximum atomic E-state index is 5.44. The number of nitrogens with zero attached hydrogens (tertiary/aromatic N) is 1. The third kappa shape index (κ3) is 3.35. The van der Waals surface area contributed by atoms with E-state index in [9.17, 15) is 0 Å². The molecule has 0 radical (unpaired) electrons. The molecule has 0 spiro atoms. The summed E-state index contributed by atoms with van der Waals surface area (Å²) in [7, 11) is 0. The van der Waals surface area contributed by atoms with E-state index in [4.69, 9.17) is 4.74 Å². The first-order valence-electron chi connectivity index (χ1n) is 5.72. The van der Waals surface area contributed by atoms with E-state index >= 15 is 0 Å². The first-order valence-corrected chi connectivity index (χ1v) is 5.72. The first-order chi connectivity index (χ1) is 7.78. The molecule has 0 amide bonds. The topological polar surface area (TPSA) is 34.1 Å². The van der Waals surface area contributed by atoms with Crippen molar-refractivity contribution < 1.29 is 4.74 Å². The molecule has 0 aromatic carbocycles. The van der Waals surface area contributed by atoms with Gasteiger partial charge >= 0.3 is 0 Å². The molecule has 1 saturated carbocycles. The second kappa shape index (κ2) is 5.12. The van der Waals surface area contributed by atoms with E-state index in [2.05, 4.69) is 22.9 Å². The van der Waals surface area contributed by atoms with Crippen LogP contribution < -0.4 is 10.1 Å². The van der Waals surface area contributed by atoms with Gasteiger partial charge in [0.25, 0.3) is 0 Å². The van der Waals surface area contributed by atoms with Gasteiger partial charge in [-0.25, -0.2) is 4.98 Å². The summed E-state index contributed by atoms with van der Waals surface area (Å²) in [5.74, 6) is 0.687. The summed E-state index contributed by atoms with van der Waals surface area (Å²) in [5, 5.41) is 3.48. The van der Waals surface area contributed by atoms with Crippen LogP contribution in [-0.2, 0) is 6.54 Å². The number of ether oxygens (including phenoxy) is 1. The van der Waals surface area contributed by atoms with Crippen molar-refractivity contribution in [3.8, 4) is 5.88 Å². The predicted octanol–water partition coefficient (Wildman–Crippen LogP) is 2.21. The van der Waals surface area contributed by atoms with Crippen molar-refractivity contribution in [1.82, 2.24) is 10.3 Å². The van der Waals surface area contributed by atoms with Crippen LogP contribution in [0.4, 0.5) is 0 Å². The van der Waals surface area contributed by atoms with E-state index in [-0.39, 0.29) is 0 Å². The number of pyridine rings is 1. The summed E-state index contributed by atoms with van der Waals surface area (Å²) in [6.07, 6.45) is 4.35. The standard InChI is InChI=1S/C13H18N2O/c1-3-6-16-13-8-11(7-10(2)15-13)9-14-12-4-5-12/h3,7-8,12,14H,1,4-6,9H2,2H3. The van der Waals surface area contributed by atoms with Gasteiger partial charge in [-0.3, -0.25) is 0 Å². The lowest BCUT2D eigenvalue weighted by Crippen LogP contribution is -2.15. The third-order valence-corrected chi connectivity index (χ3v) is 2.51. The van der Waals surface area contributed by atoms with E-state index in [0.717, 1.165) is 18.3 Å². The molecule has 1 aliphatic rings. The fraction of sp³-hybridized carbons (Fsp3) is 0.462. The van der Waals surface area contributed by atoms with Crippen LogP contribution in [-0.4, -0.2) is 17.6 Å². The van der Waals surface area contributed by atoms with Crippen LogP contribution in [0.3, 0.4) is 0 Å². The molecule has 1 aromatic rings. The van der Waals surface area contributed by atoms with Crippen molar-refractivity contribution in [1.29, 1.82) is 0 Å². The average Bonchev–Trinajstić information content (AvgIpc) is 3.07. The monoisotopic (exact) mass is 218 g/mol. The Hall–Kier alpha value is -1.35. The maximum absolute atomic E-state index is 5.44. The van der Waals surface area contributed by atoms with Crippen molar-refractivity contribution in [2.24, 2.45) is 0 Å². The molecule has 0 bridgehead atoms. The van der Waals surface area contributed by atoms with Crippen molar-refractivity contribution in [2.75, 3.05) is 6.61 Å². The van der Waals surface area contributed by atoms with Gasteiger partial charge < -0.3 is 10.1 Å². The minimum absolute atomic E-state index is 0.506. The number of aryl methyl sites for hydroxylation is 1. The van der Waals surface area contributed by atoms with Gasteiger partial charge in [-0.15, -0.1) is 0 Å². The molecular weight excluding hydrogens is 200 g/mol. The van der Waals surface area contributed by atoms with Crippen LogP contribution in [0.2, 0.25) is 0 Å². The molecule has 0 unspecified atom stereocenters. The highest BCUT2D eigenvalue weighted by atomic mass is 16.5. The van der Waals surface area contributed by atoms with Gasteiger partial charge in [-0.2, -0.15) is 0 Å². The van der Waals surface area contributed by atoms with E-state index in [0.29, 0.717) is 12.5 Å². The summed E-state index contributed by atoms with van der Waals surface area (Å²) >= 11 is 0. The second-order valence-corrected chi connectivity index (χ2v) is 4.21. The number of aromatic nitrogens is 1. The number of hydrogen-bond donors (Lipinski definition) is 1. The molecule has 1 heterocycles. The van der Waals surface area contributed by atoms with Gasteiger partial charge in [-0.1, -0.05) is 12.7 Å². The Morgan fingerprint density at radius 3 is 3.06 bits per heavy atom. The molecule has 1 aliphatic carbocycles. The summed E-state index contributed by atoms with van der Waals surface area (Å²) < 4.78 is 5.44. The zero-order valence-electron chi connectivity index (χ0n) is 9.70. The fourth-order valence-electron chi connectivity index (χ4n) is 1.58. The minimum atomic E-state index is 0.506. The molecule has 0 saturated heterocycles. The maximum Gasteiger partial charge on any atom is 0.214 e. The Labute approximate surface area is 96.5 Å². The zero-order chi connectivity index (χ0) is 11.4. The number of nitrogens with one attached hydrogen (secondary N) is 1. The highest BCUT2D eigenvalue weighted by molar-refractivity contribution is 5.24. The Morgan fingerprint density at radius 2 is 2.38 bits per heavy atom. The quantitative estimate of drug-likeness (QED) is 0.743. The molecule has 1 aromatic heterocycles. The zero-order valence-corrected chi connectivity index (χ0v) is 9.70. The van der Waals surface area contributed by atoms with Crippen LogP contribution >= 0.6 is 0 Å². The van der Waals surface area contributed by atoms with Crippen molar-refractivity contribution in [2.45, 2.75) is 32.4 Å². The van der Waals surface area contributed by atoms with Gasteiger partial charge in [0, 0.05) is 24.3 Å². The largest absolute Gasteiger partial charge is 0.473 e. The summed E-state index contributed by atoms with van der Waals surface area (Å²) in [6, 6.07) is 4.81. The van der Waals surface area contributed by atoms with E-state index < -0.39 is 0 Å². The van der Waals surface area contributed by atoms with Gasteiger partial charge in [0.2, 0.25) is 5.88 Å². The van der Waals surface area contributed by atoms with E-state index in [1.54, 1.807) is 6.08 Å². The highest BCUT2D eigenvalue weighted by Crippen LogP contribution is 2.20. The Balaban J connectivity index is 1.98. The second-order valence-electron chi connectivity index (χ2n) is 4.21. The van der Waals surface area contributed by atoms with Crippen molar-refractivity contribution in [3.05, 3.63) is 36.0 Å². The van der Waals surface area contributed by atoms with E-state index in [1.165, 1.54) is 18.4 Å². The van der Waals surface area contributed by atoms with Gasteiger partial charge in [-0.05, 0) is 31.4 Å². The Morgan fingerprint density at radius 1 is 1.56 bits per heavy atom. The highest BCUT2D eigenvalue weighted by Gasteiger charge is 2.20. The lowest BCUT2D eigenvalue weighted by atomic mass is 10.2. The normalized spacial score (nSPS) is 14.8. The van der Waals surface area contributed by atoms with Crippen molar-refractivity contribution >= 4 is 0 Å². The van der Waals surface area contributed by atoms with E-state index in [1.807, 2.05) is 13.0 Å². The lowest BCUT2D eigenvalue weighted by Gasteiger charge is -2.08. The fourth-order valence-corrected chi connectivity index (χ4v) is 1.58. The summed E-state index contributed by atoms with van der Waals surface area (Å²) in [6.45, 7) is 7.02. The van der Waals surface area contributed by atoms with Crippen LogP contribution in [0.5, 0.6) is 5.88 Å². The van der Waals surface area contributed by atoms with Gasteiger partial charge in [0.05, 0.1) is 0 Å². The van der Waals surface area contributed by atoms with Crippen LogP contribution in [0.1, 0.15) is 24.1 Å². The molecule has 3 nitrogen and oxygen atoms in total. The molecular formula is C13H18N2O. The predicted molar refractivity (Wildman–Crippen MR) is 64.5 cm³/mol. The van der Waals surface area contributed by atoms with Crippen molar-refractivity contribution in [3.63, 3.8) is 0 Å². The molecule has 0 atom stereocenters. The molecule has 3 heteroatoms. The minimum Gasteiger partial charge on any atom is -0.473 e. The lowest BCUT2D eigenvalue weighted by molar-refractivity contribution is 0.347. The van der Waals surface area contributed by atoms with Gasteiger partial charge in [0.15, 0.2) is 0 Å². The first kappa shape index (κ1) is 11.1. The van der Waals surface area contributed by atoms with Crippen LogP contribution in [0.15, 0.2) is 24.8 Å². The Kier molecular flexibility index (Phi) is 3.57. The molecule has 1 N–H and O–H groups in total. The summed E-state index contributed by atoms with van der Waals surface area (Å²) in [4.78, 5) is 4.32. The van der Waals surface area contributed by atoms with Gasteiger partial charge in [0.1, 0.15) is 6.61 Å². The number of rotatable bonds is 6. The van der Waals surface area contributed by atoms with Crippen LogP contribution in [0.25, 0.3) is 0 Å². The molecule has 2 rings (SSSR count). The molecule has 86 valence electrons. The number of hydrogen-bond acceptors (Lipinski definition) is 3. The smallest absolute Gasteiger partial charge is 0.214 e. The Bertz CT molecular complexity index is 372. The molecule has 16 heavy (non-hydrogen) atoms.